The number of anilines is 2. The van der Waals surface area contributed by atoms with Crippen LogP contribution < -0.4 is 10.2 Å². The van der Waals surface area contributed by atoms with Crippen LogP contribution in [0.3, 0.4) is 0 Å². The van der Waals surface area contributed by atoms with Crippen molar-refractivity contribution in [3.8, 4) is 0 Å². The van der Waals surface area contributed by atoms with E-state index in [-0.39, 0.29) is 0 Å². The Balaban J connectivity index is 1.37. The first-order valence-corrected chi connectivity index (χ1v) is 12.2. The Labute approximate surface area is 196 Å². The Morgan fingerprint density at radius 3 is 2.58 bits per heavy atom. The van der Waals surface area contributed by atoms with E-state index in [9.17, 15) is 18.3 Å². The third-order valence-electron chi connectivity index (χ3n) is 6.55. The van der Waals surface area contributed by atoms with Gasteiger partial charge in [0.2, 0.25) is 0 Å². The van der Waals surface area contributed by atoms with Gasteiger partial charge in [0.15, 0.2) is 6.23 Å². The Bertz CT molecular complexity index is 906. The van der Waals surface area contributed by atoms with Crippen molar-refractivity contribution < 1.29 is 23.0 Å². The van der Waals surface area contributed by atoms with Gasteiger partial charge in [-0.2, -0.15) is 0 Å². The third kappa shape index (κ3) is 6.17. The number of ether oxygens (including phenoxy) is 1. The lowest BCUT2D eigenvalue weighted by molar-refractivity contribution is -0.347. The topological polar surface area (TPSA) is 60.9 Å². The second-order valence-corrected chi connectivity index (χ2v) is 9.94. The highest BCUT2D eigenvalue weighted by Crippen LogP contribution is 2.39. The Morgan fingerprint density at radius 2 is 1.91 bits per heavy atom. The van der Waals surface area contributed by atoms with E-state index in [1.807, 2.05) is 24.3 Å². The first-order chi connectivity index (χ1) is 15.7. The van der Waals surface area contributed by atoms with Crippen LogP contribution in [0.4, 0.5) is 24.5 Å². The SMILES string of the molecule is CN(C)C1CCN(c2ccc(NC(O)c3csc(C4CCCCC4OC(F)(F)F)n3)cc2)C1. The Kier molecular flexibility index (Phi) is 7.47. The molecule has 1 aromatic carbocycles. The number of aliphatic hydroxyl groups is 1. The predicted molar refractivity (Wildman–Crippen MR) is 124 cm³/mol. The highest BCUT2D eigenvalue weighted by molar-refractivity contribution is 7.09. The number of likely N-dealkylation sites (N-methyl/N-ethyl adjacent to an activating group) is 1. The number of aliphatic hydroxyl groups excluding tert-OH is 1. The maximum atomic E-state index is 12.8. The van der Waals surface area contributed by atoms with Crippen LogP contribution in [0.1, 0.15) is 55.0 Å². The van der Waals surface area contributed by atoms with E-state index in [0.29, 0.717) is 36.0 Å². The summed E-state index contributed by atoms with van der Waals surface area (Å²) in [5.41, 5.74) is 2.30. The van der Waals surface area contributed by atoms with Crippen LogP contribution in [0.25, 0.3) is 0 Å². The molecule has 182 valence electrons. The van der Waals surface area contributed by atoms with Crippen LogP contribution >= 0.6 is 11.3 Å². The zero-order valence-electron chi connectivity index (χ0n) is 18.9. The van der Waals surface area contributed by atoms with Gasteiger partial charge in [-0.3, -0.25) is 4.74 Å². The number of thiazole rings is 1. The summed E-state index contributed by atoms with van der Waals surface area (Å²) in [6.07, 6.45) is -2.98. The van der Waals surface area contributed by atoms with Gasteiger partial charge in [-0.15, -0.1) is 24.5 Å². The lowest BCUT2D eigenvalue weighted by atomic mass is 9.87. The van der Waals surface area contributed by atoms with E-state index in [2.05, 4.69) is 38.9 Å². The lowest BCUT2D eigenvalue weighted by Gasteiger charge is -2.30. The molecule has 1 aliphatic carbocycles. The maximum absolute atomic E-state index is 12.8. The van der Waals surface area contributed by atoms with Gasteiger partial charge < -0.3 is 20.2 Å². The molecule has 4 atom stereocenters. The van der Waals surface area contributed by atoms with Crippen LogP contribution in [0.15, 0.2) is 29.6 Å². The first kappa shape index (κ1) is 24.3. The van der Waals surface area contributed by atoms with Crippen LogP contribution in [0, 0.1) is 0 Å². The molecule has 2 aliphatic rings. The number of benzene rings is 1. The molecule has 2 aromatic rings. The molecule has 10 heteroatoms. The monoisotopic (exact) mass is 484 g/mol. The summed E-state index contributed by atoms with van der Waals surface area (Å²) in [5.74, 6) is -0.405. The summed E-state index contributed by atoms with van der Waals surface area (Å²) >= 11 is 1.28. The fourth-order valence-electron chi connectivity index (χ4n) is 4.69. The fraction of sp³-hybridized carbons (Fsp3) is 0.609. The number of aromatic nitrogens is 1. The van der Waals surface area contributed by atoms with Crippen LogP contribution in [-0.2, 0) is 4.74 Å². The van der Waals surface area contributed by atoms with Crippen molar-refractivity contribution in [1.29, 1.82) is 0 Å². The van der Waals surface area contributed by atoms with Gasteiger partial charge in [0.1, 0.15) is 5.69 Å². The average molecular weight is 485 g/mol. The summed E-state index contributed by atoms with van der Waals surface area (Å²) in [5, 5.41) is 15.9. The van der Waals surface area contributed by atoms with Gasteiger partial charge in [0, 0.05) is 41.8 Å². The highest BCUT2D eigenvalue weighted by atomic mass is 32.1. The van der Waals surface area contributed by atoms with Crippen molar-refractivity contribution in [3.05, 3.63) is 40.3 Å². The molecule has 33 heavy (non-hydrogen) atoms. The van der Waals surface area contributed by atoms with E-state index >= 15 is 0 Å². The minimum atomic E-state index is -4.66. The van der Waals surface area contributed by atoms with Crippen molar-refractivity contribution in [3.63, 3.8) is 0 Å². The van der Waals surface area contributed by atoms with Gasteiger partial charge in [0.25, 0.3) is 0 Å². The number of halogens is 3. The zero-order chi connectivity index (χ0) is 23.6. The summed E-state index contributed by atoms with van der Waals surface area (Å²) < 4.78 is 42.7. The lowest BCUT2D eigenvalue weighted by Crippen LogP contribution is -2.31. The number of rotatable bonds is 7. The van der Waals surface area contributed by atoms with E-state index in [1.54, 1.807) is 5.38 Å². The van der Waals surface area contributed by atoms with E-state index in [0.717, 1.165) is 37.3 Å². The molecule has 1 aromatic heterocycles. The van der Waals surface area contributed by atoms with Crippen LogP contribution in [0.5, 0.6) is 0 Å². The van der Waals surface area contributed by atoms with E-state index in [1.165, 1.54) is 11.3 Å². The number of nitrogens with zero attached hydrogens (tertiary/aromatic N) is 3. The highest BCUT2D eigenvalue weighted by Gasteiger charge is 2.39. The summed E-state index contributed by atoms with van der Waals surface area (Å²) in [7, 11) is 4.20. The summed E-state index contributed by atoms with van der Waals surface area (Å²) in [4.78, 5) is 9.06. The third-order valence-corrected chi connectivity index (χ3v) is 7.55. The molecule has 1 saturated heterocycles. The number of nitrogens with one attached hydrogen (secondary N) is 1. The average Bonchev–Trinajstić information content (AvgIpc) is 3.44. The van der Waals surface area contributed by atoms with E-state index in [4.69, 9.17) is 0 Å². The quantitative estimate of drug-likeness (QED) is 0.543. The number of hydrogen-bond acceptors (Lipinski definition) is 7. The summed E-state index contributed by atoms with van der Waals surface area (Å²) in [6.45, 7) is 2.00. The van der Waals surface area contributed by atoms with Crippen molar-refractivity contribution in [2.45, 2.75) is 62.8 Å². The molecular formula is C23H31F3N4O2S. The van der Waals surface area contributed by atoms with Gasteiger partial charge in [0.05, 0.1) is 11.1 Å². The second-order valence-electron chi connectivity index (χ2n) is 9.05. The van der Waals surface area contributed by atoms with Crippen LogP contribution in [-0.4, -0.2) is 60.7 Å². The molecule has 2 N–H and O–H groups in total. The molecule has 2 heterocycles. The zero-order valence-corrected chi connectivity index (χ0v) is 19.7. The minimum Gasteiger partial charge on any atom is -0.370 e. The molecule has 1 saturated carbocycles. The molecule has 0 bridgehead atoms. The van der Waals surface area contributed by atoms with Gasteiger partial charge >= 0.3 is 6.36 Å². The number of hydrogen-bond donors (Lipinski definition) is 2. The van der Waals surface area contributed by atoms with Gasteiger partial charge in [-0.25, -0.2) is 4.98 Å². The Hall–Kier alpha value is -1.88. The molecule has 2 fully saturated rings. The molecule has 6 nitrogen and oxygen atoms in total. The largest absolute Gasteiger partial charge is 0.522 e. The minimum absolute atomic E-state index is 0.360. The van der Waals surface area contributed by atoms with Crippen molar-refractivity contribution in [2.75, 3.05) is 37.4 Å². The fourth-order valence-corrected chi connectivity index (χ4v) is 5.71. The normalized spacial score (nSPS) is 24.9. The molecule has 0 spiro atoms. The second kappa shape index (κ2) is 10.2. The smallest absolute Gasteiger partial charge is 0.370 e. The molecule has 1 aliphatic heterocycles. The molecule has 4 rings (SSSR count). The molecule has 4 unspecified atom stereocenters. The van der Waals surface area contributed by atoms with Crippen molar-refractivity contribution in [1.82, 2.24) is 9.88 Å². The Morgan fingerprint density at radius 1 is 1.18 bits per heavy atom. The molecule has 0 radical (unpaired) electrons. The predicted octanol–water partition coefficient (Wildman–Crippen LogP) is 4.95. The van der Waals surface area contributed by atoms with Gasteiger partial charge in [-0.05, 0) is 57.6 Å². The maximum Gasteiger partial charge on any atom is 0.522 e. The standard InChI is InChI=1S/C23H31F3N4O2S/c1-29(2)17-11-12-30(13-17)16-9-7-15(8-10-16)27-21(31)19-14-33-22(28-19)18-5-3-4-6-20(18)32-23(24,25)26/h7-10,14,17-18,20-21,27,31H,3-6,11-13H2,1-2H3. The van der Waals surface area contributed by atoms with Crippen molar-refractivity contribution >= 4 is 22.7 Å². The number of alkyl halides is 3. The molecular weight excluding hydrogens is 453 g/mol. The van der Waals surface area contributed by atoms with Gasteiger partial charge in [-0.1, -0.05) is 12.8 Å². The van der Waals surface area contributed by atoms with Crippen LogP contribution in [0.2, 0.25) is 0 Å². The van der Waals surface area contributed by atoms with Crippen molar-refractivity contribution in [2.24, 2.45) is 0 Å². The van der Waals surface area contributed by atoms with E-state index < -0.39 is 24.6 Å². The molecule has 0 amide bonds. The summed E-state index contributed by atoms with van der Waals surface area (Å²) in [6, 6.07) is 8.45. The first-order valence-electron chi connectivity index (χ1n) is 11.4.